The second-order valence-corrected chi connectivity index (χ2v) is 6.81. The minimum Gasteiger partial charge on any atom is -0.340 e. The third-order valence-corrected chi connectivity index (χ3v) is 5.21. The van der Waals surface area contributed by atoms with E-state index >= 15 is 0 Å². The van der Waals surface area contributed by atoms with E-state index in [1.54, 1.807) is 0 Å². The molecule has 112 valence electrons. The second-order valence-electron chi connectivity index (χ2n) is 6.81. The Bertz CT molecular complexity index is 397. The number of carbonyl (C=O) groups is 2. The molecule has 0 bridgehead atoms. The molecule has 3 fully saturated rings. The Morgan fingerprint density at radius 3 is 2.50 bits per heavy atom. The van der Waals surface area contributed by atoms with Crippen LogP contribution in [0.15, 0.2) is 0 Å². The van der Waals surface area contributed by atoms with Crippen LogP contribution in [0.4, 0.5) is 0 Å². The molecule has 3 aliphatic rings. The van der Waals surface area contributed by atoms with Crippen LogP contribution in [0, 0.1) is 5.92 Å². The van der Waals surface area contributed by atoms with Gasteiger partial charge in [0.15, 0.2) is 0 Å². The van der Waals surface area contributed by atoms with Gasteiger partial charge >= 0.3 is 0 Å². The van der Waals surface area contributed by atoms with Crippen LogP contribution in [-0.4, -0.2) is 34.8 Å². The number of amides is 2. The molecule has 1 heterocycles. The fraction of sp³-hybridized carbons (Fsp3) is 0.875. The summed E-state index contributed by atoms with van der Waals surface area (Å²) in [6.45, 7) is 2.86. The first-order valence-corrected chi connectivity index (χ1v) is 8.29. The molecule has 0 radical (unpaired) electrons. The summed E-state index contributed by atoms with van der Waals surface area (Å²) in [5.74, 6) is 1.09. The Morgan fingerprint density at radius 2 is 1.90 bits per heavy atom. The van der Waals surface area contributed by atoms with E-state index in [1.165, 1.54) is 12.8 Å². The van der Waals surface area contributed by atoms with Crippen molar-refractivity contribution in [3.8, 4) is 0 Å². The van der Waals surface area contributed by atoms with Crippen LogP contribution in [0.3, 0.4) is 0 Å². The van der Waals surface area contributed by atoms with Crippen LogP contribution >= 0.6 is 0 Å². The van der Waals surface area contributed by atoms with Crippen LogP contribution in [0.1, 0.15) is 64.7 Å². The predicted octanol–water partition coefficient (Wildman–Crippen LogP) is 2.23. The largest absolute Gasteiger partial charge is 0.340 e. The van der Waals surface area contributed by atoms with E-state index in [2.05, 4.69) is 12.2 Å². The van der Waals surface area contributed by atoms with Gasteiger partial charge in [0.1, 0.15) is 11.6 Å². The molecule has 2 saturated carbocycles. The standard InChI is InChI=1S/C16H26N2O2/c1-2-5-13-14(19)17-16(9-3-4-10-16)15(20)18(13)11-8-12-6-7-12/h12-13H,2-11H2,1H3,(H,17,19). The van der Waals surface area contributed by atoms with Crippen molar-refractivity contribution in [1.29, 1.82) is 0 Å². The highest BCUT2D eigenvalue weighted by Crippen LogP contribution is 2.37. The molecule has 4 heteroatoms. The Balaban J connectivity index is 1.77. The van der Waals surface area contributed by atoms with E-state index in [0.29, 0.717) is 0 Å². The van der Waals surface area contributed by atoms with Gasteiger partial charge in [0.2, 0.25) is 11.8 Å². The quantitative estimate of drug-likeness (QED) is 0.838. The van der Waals surface area contributed by atoms with E-state index in [1.807, 2.05) is 4.90 Å². The van der Waals surface area contributed by atoms with Crippen LogP contribution in [-0.2, 0) is 9.59 Å². The summed E-state index contributed by atoms with van der Waals surface area (Å²) in [5.41, 5.74) is -0.551. The van der Waals surface area contributed by atoms with Gasteiger partial charge < -0.3 is 10.2 Å². The second kappa shape index (κ2) is 5.38. The Kier molecular flexibility index (Phi) is 3.74. The molecule has 3 rings (SSSR count). The van der Waals surface area contributed by atoms with Crippen LogP contribution in [0.2, 0.25) is 0 Å². The van der Waals surface area contributed by atoms with Gasteiger partial charge in [-0.3, -0.25) is 9.59 Å². The predicted molar refractivity (Wildman–Crippen MR) is 77.1 cm³/mol. The first-order valence-electron chi connectivity index (χ1n) is 8.29. The lowest BCUT2D eigenvalue weighted by atomic mass is 9.89. The van der Waals surface area contributed by atoms with E-state index in [9.17, 15) is 9.59 Å². The maximum absolute atomic E-state index is 12.9. The van der Waals surface area contributed by atoms with Crippen molar-refractivity contribution in [2.45, 2.75) is 76.3 Å². The van der Waals surface area contributed by atoms with Gasteiger partial charge in [-0.2, -0.15) is 0 Å². The Hall–Kier alpha value is -1.06. The molecule has 0 aromatic rings. The number of hydrogen-bond acceptors (Lipinski definition) is 2. The van der Waals surface area contributed by atoms with Crippen molar-refractivity contribution in [2.75, 3.05) is 6.54 Å². The number of rotatable bonds is 5. The van der Waals surface area contributed by atoms with E-state index < -0.39 is 5.54 Å². The van der Waals surface area contributed by atoms with E-state index in [-0.39, 0.29) is 17.9 Å². The molecule has 1 spiro atoms. The first-order chi connectivity index (χ1) is 9.66. The summed E-state index contributed by atoms with van der Waals surface area (Å²) >= 11 is 0. The fourth-order valence-corrected chi connectivity index (χ4v) is 3.79. The molecule has 1 unspecified atom stereocenters. The Labute approximate surface area is 121 Å². The fourth-order valence-electron chi connectivity index (χ4n) is 3.79. The van der Waals surface area contributed by atoms with Gasteiger partial charge in [0.05, 0.1) is 0 Å². The normalized spacial score (nSPS) is 29.1. The molecule has 2 aliphatic carbocycles. The zero-order valence-corrected chi connectivity index (χ0v) is 12.5. The van der Waals surface area contributed by atoms with Crippen molar-refractivity contribution in [1.82, 2.24) is 10.2 Å². The molecule has 2 amide bonds. The number of carbonyl (C=O) groups excluding carboxylic acids is 2. The average Bonchev–Trinajstić information content (AvgIpc) is 3.14. The maximum Gasteiger partial charge on any atom is 0.249 e. The van der Waals surface area contributed by atoms with Gasteiger partial charge in [-0.05, 0) is 31.6 Å². The molecule has 0 aromatic heterocycles. The van der Waals surface area contributed by atoms with Crippen molar-refractivity contribution in [3.63, 3.8) is 0 Å². The number of piperazine rings is 1. The molecule has 4 nitrogen and oxygen atoms in total. The monoisotopic (exact) mass is 278 g/mol. The van der Waals surface area contributed by atoms with Crippen molar-refractivity contribution in [3.05, 3.63) is 0 Å². The maximum atomic E-state index is 12.9. The van der Waals surface area contributed by atoms with Crippen molar-refractivity contribution >= 4 is 11.8 Å². The summed E-state index contributed by atoms with van der Waals surface area (Å²) in [6, 6.07) is -0.225. The lowest BCUT2D eigenvalue weighted by Gasteiger charge is -2.44. The molecule has 1 atom stereocenters. The lowest BCUT2D eigenvalue weighted by Crippen LogP contribution is -2.69. The van der Waals surface area contributed by atoms with Gasteiger partial charge in [-0.25, -0.2) is 0 Å². The highest BCUT2D eigenvalue weighted by molar-refractivity contribution is 6.00. The van der Waals surface area contributed by atoms with Crippen LogP contribution in [0.5, 0.6) is 0 Å². The van der Waals surface area contributed by atoms with Gasteiger partial charge in [-0.15, -0.1) is 0 Å². The summed E-state index contributed by atoms with van der Waals surface area (Å²) in [4.78, 5) is 27.3. The van der Waals surface area contributed by atoms with Gasteiger partial charge in [0.25, 0.3) is 0 Å². The topological polar surface area (TPSA) is 49.4 Å². The first kappa shape index (κ1) is 13.9. The molecule has 0 aromatic carbocycles. The highest BCUT2D eigenvalue weighted by Gasteiger charge is 2.51. The van der Waals surface area contributed by atoms with Gasteiger partial charge in [0, 0.05) is 6.54 Å². The average molecular weight is 278 g/mol. The van der Waals surface area contributed by atoms with Crippen molar-refractivity contribution < 1.29 is 9.59 Å². The molecule has 1 aliphatic heterocycles. The molecule has 1 saturated heterocycles. The third kappa shape index (κ3) is 2.45. The molecular weight excluding hydrogens is 252 g/mol. The summed E-state index contributed by atoms with van der Waals surface area (Å²) in [7, 11) is 0. The van der Waals surface area contributed by atoms with E-state index in [0.717, 1.165) is 57.4 Å². The lowest BCUT2D eigenvalue weighted by molar-refractivity contribution is -0.155. The van der Waals surface area contributed by atoms with Crippen LogP contribution in [0.25, 0.3) is 0 Å². The molecule has 20 heavy (non-hydrogen) atoms. The minimum atomic E-state index is -0.551. The SMILES string of the molecule is CCCC1C(=O)NC2(CCCC2)C(=O)N1CCC1CC1. The number of hydrogen-bond donors (Lipinski definition) is 1. The number of nitrogens with one attached hydrogen (secondary N) is 1. The smallest absolute Gasteiger partial charge is 0.249 e. The summed E-state index contributed by atoms with van der Waals surface area (Å²) < 4.78 is 0. The minimum absolute atomic E-state index is 0.0872. The van der Waals surface area contributed by atoms with E-state index in [4.69, 9.17) is 0 Å². The molecule has 1 N–H and O–H groups in total. The highest BCUT2D eigenvalue weighted by atomic mass is 16.2. The van der Waals surface area contributed by atoms with Crippen LogP contribution < -0.4 is 5.32 Å². The zero-order valence-electron chi connectivity index (χ0n) is 12.5. The Morgan fingerprint density at radius 1 is 1.20 bits per heavy atom. The zero-order chi connectivity index (χ0) is 14.2. The molecular formula is C16H26N2O2. The summed E-state index contributed by atoms with van der Waals surface area (Å²) in [5, 5.41) is 3.08. The number of nitrogens with zero attached hydrogens (tertiary/aromatic N) is 1. The third-order valence-electron chi connectivity index (χ3n) is 5.21. The van der Waals surface area contributed by atoms with Gasteiger partial charge in [-0.1, -0.05) is 39.0 Å². The summed E-state index contributed by atoms with van der Waals surface area (Å²) in [6.07, 6.45) is 9.19. The van der Waals surface area contributed by atoms with Crippen molar-refractivity contribution in [2.24, 2.45) is 5.92 Å².